The standard InChI is InChI=1S/C19H22N4O4/c1-19(2)11-27-18(26)23(19)12-7-9-22(10-8-12)17(25)15-16(24)21-14-6-4-3-5-13(14)20-15/h3-6,12H,7-11H2,1-2H3,(H,21,24). The first-order chi connectivity index (χ1) is 12.9. The largest absolute Gasteiger partial charge is 0.447 e. The molecule has 8 heteroatoms. The van der Waals surface area contributed by atoms with E-state index < -0.39 is 5.56 Å². The van der Waals surface area contributed by atoms with Crippen molar-refractivity contribution in [2.45, 2.75) is 38.3 Å². The number of carbonyl (C=O) groups is 2. The van der Waals surface area contributed by atoms with Crippen LogP contribution >= 0.6 is 0 Å². The van der Waals surface area contributed by atoms with Crippen LogP contribution in [0.3, 0.4) is 0 Å². The topological polar surface area (TPSA) is 95.6 Å². The van der Waals surface area contributed by atoms with Crippen LogP contribution in [0.15, 0.2) is 29.1 Å². The Labute approximate surface area is 156 Å². The number of benzene rings is 1. The van der Waals surface area contributed by atoms with Gasteiger partial charge < -0.3 is 14.6 Å². The predicted octanol–water partition coefficient (Wildman–Crippen LogP) is 1.76. The van der Waals surface area contributed by atoms with E-state index in [1.54, 1.807) is 28.0 Å². The molecule has 1 aromatic heterocycles. The van der Waals surface area contributed by atoms with E-state index in [1.165, 1.54) is 0 Å². The van der Waals surface area contributed by atoms with Crippen molar-refractivity contribution in [3.63, 3.8) is 0 Å². The number of ether oxygens (including phenoxy) is 1. The normalized spacial score (nSPS) is 20.1. The molecule has 2 aromatic rings. The summed E-state index contributed by atoms with van der Waals surface area (Å²) in [4.78, 5) is 47.6. The monoisotopic (exact) mass is 370 g/mol. The number of hydrogen-bond acceptors (Lipinski definition) is 5. The van der Waals surface area contributed by atoms with Crippen LogP contribution in [0.4, 0.5) is 4.79 Å². The molecule has 1 aromatic carbocycles. The summed E-state index contributed by atoms with van der Waals surface area (Å²) in [6.07, 6.45) is 1.00. The Morgan fingerprint density at radius 1 is 1.22 bits per heavy atom. The van der Waals surface area contributed by atoms with Gasteiger partial charge in [0.2, 0.25) is 0 Å². The lowest BCUT2D eigenvalue weighted by atomic mass is 9.97. The first kappa shape index (κ1) is 17.5. The fourth-order valence-electron chi connectivity index (χ4n) is 3.92. The van der Waals surface area contributed by atoms with Crippen molar-refractivity contribution in [1.82, 2.24) is 19.8 Å². The van der Waals surface area contributed by atoms with Crippen molar-refractivity contribution in [2.75, 3.05) is 19.7 Å². The number of nitrogens with one attached hydrogen (secondary N) is 1. The lowest BCUT2D eigenvalue weighted by Gasteiger charge is -2.40. The van der Waals surface area contributed by atoms with Gasteiger partial charge in [0.1, 0.15) is 6.61 Å². The number of rotatable bonds is 2. The maximum Gasteiger partial charge on any atom is 0.410 e. The highest BCUT2D eigenvalue weighted by atomic mass is 16.6. The van der Waals surface area contributed by atoms with Crippen LogP contribution in [-0.4, -0.2) is 63.0 Å². The summed E-state index contributed by atoms with van der Waals surface area (Å²) >= 11 is 0. The number of carbonyl (C=O) groups excluding carboxylic acids is 2. The minimum absolute atomic E-state index is 0.0295. The third kappa shape index (κ3) is 3.05. The lowest BCUT2D eigenvalue weighted by Crippen LogP contribution is -2.53. The van der Waals surface area contributed by atoms with Gasteiger partial charge in [-0.15, -0.1) is 0 Å². The van der Waals surface area contributed by atoms with Crippen molar-refractivity contribution in [1.29, 1.82) is 0 Å². The zero-order valence-electron chi connectivity index (χ0n) is 15.4. The number of cyclic esters (lactones) is 1. The molecule has 0 saturated carbocycles. The molecule has 1 N–H and O–H groups in total. The molecular formula is C19H22N4O4. The van der Waals surface area contributed by atoms with Gasteiger partial charge in [0.25, 0.3) is 11.5 Å². The number of para-hydroxylation sites is 2. The van der Waals surface area contributed by atoms with E-state index in [-0.39, 0.29) is 29.3 Å². The van der Waals surface area contributed by atoms with Crippen LogP contribution in [0.25, 0.3) is 11.0 Å². The van der Waals surface area contributed by atoms with Crippen LogP contribution < -0.4 is 5.56 Å². The maximum atomic E-state index is 12.8. The second-order valence-electron chi connectivity index (χ2n) is 7.69. The fourth-order valence-corrected chi connectivity index (χ4v) is 3.92. The van der Waals surface area contributed by atoms with E-state index in [2.05, 4.69) is 9.97 Å². The first-order valence-electron chi connectivity index (χ1n) is 9.11. The van der Waals surface area contributed by atoms with E-state index in [0.29, 0.717) is 43.6 Å². The fraction of sp³-hybridized carbons (Fsp3) is 0.474. The van der Waals surface area contributed by atoms with Crippen molar-refractivity contribution in [2.24, 2.45) is 0 Å². The SMILES string of the molecule is CC1(C)COC(=O)N1C1CCN(C(=O)c2nc3ccccc3[nH]c2=O)CC1. The van der Waals surface area contributed by atoms with E-state index in [4.69, 9.17) is 4.74 Å². The highest BCUT2D eigenvalue weighted by Crippen LogP contribution is 2.30. The van der Waals surface area contributed by atoms with Crippen molar-refractivity contribution in [3.8, 4) is 0 Å². The Morgan fingerprint density at radius 2 is 1.93 bits per heavy atom. The molecule has 0 aliphatic carbocycles. The second-order valence-corrected chi connectivity index (χ2v) is 7.69. The Balaban J connectivity index is 1.50. The van der Waals surface area contributed by atoms with Crippen molar-refractivity contribution < 1.29 is 14.3 Å². The number of piperidine rings is 1. The minimum Gasteiger partial charge on any atom is -0.447 e. The van der Waals surface area contributed by atoms with Crippen LogP contribution in [0, 0.1) is 0 Å². The van der Waals surface area contributed by atoms with Gasteiger partial charge in [-0.05, 0) is 38.8 Å². The smallest absolute Gasteiger partial charge is 0.410 e. The van der Waals surface area contributed by atoms with E-state index in [1.807, 2.05) is 19.9 Å². The number of aromatic amines is 1. The third-order valence-electron chi connectivity index (χ3n) is 5.32. The van der Waals surface area contributed by atoms with E-state index >= 15 is 0 Å². The van der Waals surface area contributed by atoms with Gasteiger partial charge in [0.15, 0.2) is 5.69 Å². The van der Waals surface area contributed by atoms with Gasteiger partial charge in [-0.2, -0.15) is 0 Å². The molecule has 2 aliphatic heterocycles. The Kier molecular flexibility index (Phi) is 4.13. The summed E-state index contributed by atoms with van der Waals surface area (Å²) < 4.78 is 5.19. The minimum atomic E-state index is -0.481. The molecule has 27 heavy (non-hydrogen) atoms. The first-order valence-corrected chi connectivity index (χ1v) is 9.11. The number of likely N-dealkylation sites (tertiary alicyclic amines) is 1. The summed E-state index contributed by atoms with van der Waals surface area (Å²) in [6.45, 7) is 5.28. The van der Waals surface area contributed by atoms with Gasteiger partial charge >= 0.3 is 6.09 Å². The average molecular weight is 370 g/mol. The molecule has 0 bridgehead atoms. The third-order valence-corrected chi connectivity index (χ3v) is 5.32. The van der Waals surface area contributed by atoms with Crippen LogP contribution in [0.5, 0.6) is 0 Å². The van der Waals surface area contributed by atoms with Crippen molar-refractivity contribution >= 4 is 23.0 Å². The highest BCUT2D eigenvalue weighted by molar-refractivity contribution is 5.93. The molecule has 0 atom stereocenters. The average Bonchev–Trinajstić information content (AvgIpc) is 2.93. The summed E-state index contributed by atoms with van der Waals surface area (Å²) in [6, 6.07) is 7.15. The molecule has 2 aliphatic rings. The lowest BCUT2D eigenvalue weighted by molar-refractivity contribution is 0.0583. The molecule has 2 fully saturated rings. The van der Waals surface area contributed by atoms with Gasteiger partial charge in [0, 0.05) is 19.1 Å². The predicted molar refractivity (Wildman–Crippen MR) is 98.6 cm³/mol. The molecule has 3 heterocycles. The van der Waals surface area contributed by atoms with E-state index in [0.717, 1.165) is 0 Å². The Bertz CT molecular complexity index is 960. The van der Waals surface area contributed by atoms with Gasteiger partial charge in [0.05, 0.1) is 16.6 Å². The van der Waals surface area contributed by atoms with Crippen LogP contribution in [0.2, 0.25) is 0 Å². The Hall–Kier alpha value is -2.90. The van der Waals surface area contributed by atoms with Gasteiger partial charge in [-0.1, -0.05) is 12.1 Å². The van der Waals surface area contributed by atoms with E-state index in [9.17, 15) is 14.4 Å². The summed E-state index contributed by atoms with van der Waals surface area (Å²) in [5.74, 6) is -0.372. The molecule has 0 spiro atoms. The number of hydrogen-bond donors (Lipinski definition) is 1. The quantitative estimate of drug-likeness (QED) is 0.869. The number of aromatic nitrogens is 2. The molecule has 0 unspecified atom stereocenters. The molecule has 142 valence electrons. The maximum absolute atomic E-state index is 12.8. The van der Waals surface area contributed by atoms with Gasteiger partial charge in [-0.3, -0.25) is 14.5 Å². The molecule has 0 radical (unpaired) electrons. The number of nitrogens with zero attached hydrogens (tertiary/aromatic N) is 3. The summed E-state index contributed by atoms with van der Waals surface area (Å²) in [7, 11) is 0. The second kappa shape index (κ2) is 6.37. The molecule has 4 rings (SSSR count). The van der Waals surface area contributed by atoms with Crippen molar-refractivity contribution in [3.05, 3.63) is 40.3 Å². The zero-order chi connectivity index (χ0) is 19.2. The number of H-pyrrole nitrogens is 1. The molecule has 8 nitrogen and oxygen atoms in total. The number of amides is 2. The van der Waals surface area contributed by atoms with Crippen LogP contribution in [0.1, 0.15) is 37.2 Å². The summed E-state index contributed by atoms with van der Waals surface area (Å²) in [5.41, 5.74) is 0.271. The molecular weight excluding hydrogens is 348 g/mol. The summed E-state index contributed by atoms with van der Waals surface area (Å²) in [5, 5.41) is 0. The highest BCUT2D eigenvalue weighted by Gasteiger charge is 2.45. The number of fused-ring (bicyclic) bond motifs is 1. The zero-order valence-corrected chi connectivity index (χ0v) is 15.4. The molecule has 2 saturated heterocycles. The van der Waals surface area contributed by atoms with Crippen LogP contribution in [-0.2, 0) is 4.74 Å². The Morgan fingerprint density at radius 3 is 2.59 bits per heavy atom. The molecule has 2 amide bonds. The van der Waals surface area contributed by atoms with Gasteiger partial charge in [-0.25, -0.2) is 9.78 Å².